The molecule has 3 aromatic heterocycles. The minimum absolute atomic E-state index is 0.0467. The third kappa shape index (κ3) is 2.74. The van der Waals surface area contributed by atoms with Gasteiger partial charge in [0.2, 0.25) is 0 Å². The Balaban J connectivity index is 1.60. The fraction of sp³-hybridized carbons (Fsp3) is 0.0435. The van der Waals surface area contributed by atoms with Crippen LogP contribution < -0.4 is 4.90 Å². The maximum Gasteiger partial charge on any atom is 0.260 e. The molecule has 5 heteroatoms. The van der Waals surface area contributed by atoms with Gasteiger partial charge in [0.1, 0.15) is 5.65 Å². The average molecular weight is 366 g/mol. The molecule has 5 nitrogen and oxygen atoms in total. The lowest BCUT2D eigenvalue weighted by atomic mass is 10.1. The minimum Gasteiger partial charge on any atom is -0.360 e. The number of aromatic nitrogens is 3. The number of nitrogens with zero attached hydrogens (tertiary/aromatic N) is 3. The van der Waals surface area contributed by atoms with Crippen molar-refractivity contribution in [2.75, 3.05) is 4.90 Å². The Morgan fingerprint density at radius 3 is 2.64 bits per heavy atom. The van der Waals surface area contributed by atoms with Crippen LogP contribution >= 0.6 is 0 Å². The van der Waals surface area contributed by atoms with Crippen molar-refractivity contribution in [1.29, 1.82) is 0 Å². The Morgan fingerprint density at radius 1 is 0.964 bits per heavy atom. The quantitative estimate of drug-likeness (QED) is 0.503. The number of pyridine rings is 1. The summed E-state index contributed by atoms with van der Waals surface area (Å²) >= 11 is 0. The number of nitrogens with one attached hydrogen (secondary N) is 1. The molecule has 1 amide bonds. The number of para-hydroxylation sites is 2. The molecular formula is C23H18N4O. The number of amides is 1. The maximum absolute atomic E-state index is 13.6. The highest BCUT2D eigenvalue weighted by Crippen LogP contribution is 2.24. The van der Waals surface area contributed by atoms with Crippen molar-refractivity contribution in [2.45, 2.75) is 6.54 Å². The summed E-state index contributed by atoms with van der Waals surface area (Å²) in [5.41, 5.74) is 4.28. The number of carbonyl (C=O) groups excluding carboxylic acids is 1. The Hall–Kier alpha value is -3.86. The first-order valence-corrected chi connectivity index (χ1v) is 9.15. The molecule has 5 rings (SSSR count). The summed E-state index contributed by atoms with van der Waals surface area (Å²) in [6.07, 6.45) is 5.59. The average Bonchev–Trinajstić information content (AvgIpc) is 3.36. The van der Waals surface area contributed by atoms with E-state index in [1.54, 1.807) is 11.1 Å². The Morgan fingerprint density at radius 2 is 1.75 bits per heavy atom. The van der Waals surface area contributed by atoms with Crippen molar-refractivity contribution in [1.82, 2.24) is 14.4 Å². The van der Waals surface area contributed by atoms with Crippen LogP contribution in [-0.2, 0) is 6.54 Å². The zero-order valence-electron chi connectivity index (χ0n) is 15.1. The van der Waals surface area contributed by atoms with Crippen molar-refractivity contribution in [2.24, 2.45) is 0 Å². The second kappa shape index (κ2) is 6.70. The molecule has 136 valence electrons. The Labute approximate surface area is 161 Å². The van der Waals surface area contributed by atoms with E-state index in [1.807, 2.05) is 89.6 Å². The van der Waals surface area contributed by atoms with E-state index in [2.05, 4.69) is 9.97 Å². The van der Waals surface area contributed by atoms with Gasteiger partial charge < -0.3 is 14.3 Å². The highest BCUT2D eigenvalue weighted by molar-refractivity contribution is 6.13. The second-order valence-electron chi connectivity index (χ2n) is 6.65. The van der Waals surface area contributed by atoms with E-state index in [0.717, 1.165) is 27.9 Å². The molecule has 0 aliphatic carbocycles. The van der Waals surface area contributed by atoms with Crippen LogP contribution in [0.4, 0.5) is 5.69 Å². The molecule has 0 radical (unpaired) electrons. The summed E-state index contributed by atoms with van der Waals surface area (Å²) < 4.78 is 2.01. The first-order valence-electron chi connectivity index (χ1n) is 9.15. The molecule has 0 aliphatic rings. The van der Waals surface area contributed by atoms with E-state index in [1.165, 1.54) is 0 Å². The lowest BCUT2D eigenvalue weighted by molar-refractivity contribution is 0.0986. The SMILES string of the molecule is O=C(c1c[nH]c2ccccc12)N(Cc1cnc2ccccn12)c1ccccc1. The zero-order chi connectivity index (χ0) is 18.9. The van der Waals surface area contributed by atoms with Gasteiger partial charge in [-0.05, 0) is 30.3 Å². The molecule has 28 heavy (non-hydrogen) atoms. The van der Waals surface area contributed by atoms with Gasteiger partial charge in [0.25, 0.3) is 5.91 Å². The number of imidazole rings is 1. The number of fused-ring (bicyclic) bond motifs is 2. The van der Waals surface area contributed by atoms with Crippen molar-refractivity contribution in [3.8, 4) is 0 Å². The molecule has 3 heterocycles. The fourth-order valence-corrected chi connectivity index (χ4v) is 3.55. The van der Waals surface area contributed by atoms with Gasteiger partial charge in [0, 0.05) is 29.0 Å². The predicted octanol–water partition coefficient (Wildman–Crippen LogP) is 4.66. The minimum atomic E-state index is -0.0467. The highest BCUT2D eigenvalue weighted by atomic mass is 16.2. The number of rotatable bonds is 4. The van der Waals surface area contributed by atoms with Crippen molar-refractivity contribution in [3.05, 3.63) is 103 Å². The summed E-state index contributed by atoms with van der Waals surface area (Å²) in [4.78, 5) is 23.0. The summed E-state index contributed by atoms with van der Waals surface area (Å²) in [6.45, 7) is 0.424. The lowest BCUT2D eigenvalue weighted by Gasteiger charge is -2.22. The monoisotopic (exact) mass is 366 g/mol. The molecule has 0 saturated carbocycles. The van der Waals surface area contributed by atoms with E-state index in [9.17, 15) is 4.79 Å². The van der Waals surface area contributed by atoms with Crippen LogP contribution in [0, 0.1) is 0 Å². The van der Waals surface area contributed by atoms with Crippen LogP contribution in [0.3, 0.4) is 0 Å². The number of aromatic amines is 1. The summed E-state index contributed by atoms with van der Waals surface area (Å²) in [6, 6.07) is 23.5. The van der Waals surface area contributed by atoms with E-state index < -0.39 is 0 Å². The summed E-state index contributed by atoms with van der Waals surface area (Å²) in [7, 11) is 0. The second-order valence-corrected chi connectivity index (χ2v) is 6.65. The van der Waals surface area contributed by atoms with E-state index in [0.29, 0.717) is 12.1 Å². The zero-order valence-corrected chi connectivity index (χ0v) is 15.1. The molecular weight excluding hydrogens is 348 g/mol. The van der Waals surface area contributed by atoms with Crippen LogP contribution in [0.5, 0.6) is 0 Å². The third-order valence-corrected chi connectivity index (χ3v) is 4.95. The van der Waals surface area contributed by atoms with Crippen LogP contribution in [0.2, 0.25) is 0 Å². The molecule has 0 spiro atoms. The summed E-state index contributed by atoms with van der Waals surface area (Å²) in [5, 5.41) is 0.923. The van der Waals surface area contributed by atoms with Gasteiger partial charge in [-0.1, -0.05) is 42.5 Å². The van der Waals surface area contributed by atoms with Crippen LogP contribution in [0.15, 0.2) is 91.4 Å². The van der Waals surface area contributed by atoms with Crippen LogP contribution in [0.25, 0.3) is 16.6 Å². The molecule has 0 bridgehead atoms. The maximum atomic E-state index is 13.6. The molecule has 2 aromatic carbocycles. The molecule has 0 saturated heterocycles. The van der Waals surface area contributed by atoms with Crippen molar-refractivity contribution < 1.29 is 4.79 Å². The topological polar surface area (TPSA) is 53.4 Å². The van der Waals surface area contributed by atoms with Gasteiger partial charge in [0.15, 0.2) is 0 Å². The lowest BCUT2D eigenvalue weighted by Crippen LogP contribution is -2.30. The van der Waals surface area contributed by atoms with E-state index >= 15 is 0 Å². The van der Waals surface area contributed by atoms with Gasteiger partial charge >= 0.3 is 0 Å². The number of carbonyl (C=O) groups is 1. The van der Waals surface area contributed by atoms with E-state index in [4.69, 9.17) is 0 Å². The highest BCUT2D eigenvalue weighted by Gasteiger charge is 2.22. The van der Waals surface area contributed by atoms with Crippen LogP contribution in [-0.4, -0.2) is 20.3 Å². The number of benzene rings is 2. The number of anilines is 1. The van der Waals surface area contributed by atoms with Crippen molar-refractivity contribution in [3.63, 3.8) is 0 Å². The molecule has 0 unspecified atom stereocenters. The van der Waals surface area contributed by atoms with Gasteiger partial charge in [-0.25, -0.2) is 4.98 Å². The molecule has 1 N–H and O–H groups in total. The largest absolute Gasteiger partial charge is 0.360 e. The van der Waals surface area contributed by atoms with Gasteiger partial charge in [-0.15, -0.1) is 0 Å². The third-order valence-electron chi connectivity index (χ3n) is 4.95. The smallest absolute Gasteiger partial charge is 0.260 e. The Bertz CT molecular complexity index is 1270. The number of hydrogen-bond acceptors (Lipinski definition) is 2. The number of hydrogen-bond donors (Lipinski definition) is 1. The van der Waals surface area contributed by atoms with Crippen LogP contribution in [0.1, 0.15) is 16.1 Å². The standard InChI is InChI=1S/C23H18N4O/c28-23(20-15-24-21-11-5-4-10-19(20)21)27(17-8-2-1-3-9-17)16-18-14-25-22-12-6-7-13-26(18)22/h1-15,24H,16H2. The predicted molar refractivity (Wildman–Crippen MR) is 110 cm³/mol. The first kappa shape index (κ1) is 16.3. The fourth-order valence-electron chi connectivity index (χ4n) is 3.55. The molecule has 0 atom stereocenters. The number of H-pyrrole nitrogens is 1. The van der Waals surface area contributed by atoms with Gasteiger partial charge in [-0.2, -0.15) is 0 Å². The molecule has 0 aliphatic heterocycles. The van der Waals surface area contributed by atoms with Crippen molar-refractivity contribution >= 4 is 28.1 Å². The normalized spacial score (nSPS) is 11.1. The molecule has 5 aromatic rings. The first-order chi connectivity index (χ1) is 13.8. The summed E-state index contributed by atoms with van der Waals surface area (Å²) in [5.74, 6) is -0.0467. The van der Waals surface area contributed by atoms with Gasteiger partial charge in [-0.3, -0.25) is 4.79 Å². The molecule has 0 fully saturated rings. The Kier molecular flexibility index (Phi) is 3.91. The van der Waals surface area contributed by atoms with Gasteiger partial charge in [0.05, 0.1) is 24.0 Å². The van der Waals surface area contributed by atoms with E-state index in [-0.39, 0.29) is 5.91 Å².